The number of rotatable bonds is 3. The van der Waals surface area contributed by atoms with Gasteiger partial charge in [0.1, 0.15) is 0 Å². The molecule has 0 atom stereocenters. The quantitative estimate of drug-likeness (QED) is 0.691. The van der Waals surface area contributed by atoms with Crippen molar-refractivity contribution in [2.75, 3.05) is 26.2 Å². The Balaban J connectivity index is 1.39. The number of halogens is 2. The number of hydrogen-bond donors (Lipinski definition) is 0. The van der Waals surface area contributed by atoms with Crippen LogP contribution < -0.4 is 0 Å². The summed E-state index contributed by atoms with van der Waals surface area (Å²) in [6, 6.07) is 7.92. The minimum atomic E-state index is -1.07. The molecule has 0 spiro atoms. The van der Waals surface area contributed by atoms with Crippen LogP contribution in [-0.4, -0.2) is 52.9 Å². The van der Waals surface area contributed by atoms with E-state index in [2.05, 4.69) is 5.16 Å². The standard InChI is InChI=1S/C19H15F2N3O4/c20-13-4-3-12(10-14(13)21)18(25)23-5-7-24(8-6-23)19(26)15-11-17(28-22-15)16-2-1-9-27-16/h1-4,9-11H,5-8H2. The molecule has 1 saturated heterocycles. The van der Waals surface area contributed by atoms with Crippen molar-refractivity contribution in [2.24, 2.45) is 0 Å². The van der Waals surface area contributed by atoms with E-state index in [4.69, 9.17) is 8.94 Å². The van der Waals surface area contributed by atoms with E-state index in [-0.39, 0.29) is 43.3 Å². The number of furan rings is 1. The number of amides is 2. The molecular weight excluding hydrogens is 372 g/mol. The Kier molecular flexibility index (Phi) is 4.64. The van der Waals surface area contributed by atoms with Gasteiger partial charge < -0.3 is 18.7 Å². The molecule has 0 aliphatic carbocycles. The number of benzene rings is 1. The van der Waals surface area contributed by atoms with Gasteiger partial charge in [-0.05, 0) is 30.3 Å². The predicted octanol–water partition coefficient (Wildman–Crippen LogP) is 2.81. The lowest BCUT2D eigenvalue weighted by atomic mass is 10.1. The summed E-state index contributed by atoms with van der Waals surface area (Å²) in [5, 5.41) is 3.78. The largest absolute Gasteiger partial charge is 0.461 e. The molecule has 7 nitrogen and oxygen atoms in total. The Labute approximate surface area is 158 Å². The number of piperazine rings is 1. The first-order valence-corrected chi connectivity index (χ1v) is 8.57. The Morgan fingerprint density at radius 1 is 0.893 bits per heavy atom. The van der Waals surface area contributed by atoms with Gasteiger partial charge in [-0.1, -0.05) is 5.16 Å². The van der Waals surface area contributed by atoms with Crippen LogP contribution in [-0.2, 0) is 0 Å². The lowest BCUT2D eigenvalue weighted by Gasteiger charge is -2.34. The van der Waals surface area contributed by atoms with Gasteiger partial charge in [0, 0.05) is 37.8 Å². The van der Waals surface area contributed by atoms with E-state index in [0.717, 1.165) is 12.1 Å². The highest BCUT2D eigenvalue weighted by atomic mass is 19.2. The van der Waals surface area contributed by atoms with Crippen molar-refractivity contribution in [2.45, 2.75) is 0 Å². The van der Waals surface area contributed by atoms with Gasteiger partial charge in [0.15, 0.2) is 23.1 Å². The van der Waals surface area contributed by atoms with Crippen LogP contribution in [0.2, 0.25) is 0 Å². The maximum atomic E-state index is 13.3. The molecule has 4 rings (SSSR count). The van der Waals surface area contributed by atoms with E-state index in [0.29, 0.717) is 11.5 Å². The molecule has 1 aliphatic rings. The first-order valence-electron chi connectivity index (χ1n) is 8.57. The molecule has 1 aromatic carbocycles. The monoisotopic (exact) mass is 387 g/mol. The predicted molar refractivity (Wildman–Crippen MR) is 92.4 cm³/mol. The Morgan fingerprint density at radius 3 is 2.25 bits per heavy atom. The van der Waals surface area contributed by atoms with Gasteiger partial charge in [0.2, 0.25) is 5.76 Å². The van der Waals surface area contributed by atoms with Gasteiger partial charge in [-0.15, -0.1) is 0 Å². The van der Waals surface area contributed by atoms with Crippen LogP contribution in [0.5, 0.6) is 0 Å². The summed E-state index contributed by atoms with van der Waals surface area (Å²) >= 11 is 0. The zero-order valence-electron chi connectivity index (χ0n) is 14.6. The molecular formula is C19H15F2N3O4. The molecule has 0 unspecified atom stereocenters. The maximum absolute atomic E-state index is 13.3. The van der Waals surface area contributed by atoms with Crippen molar-refractivity contribution in [1.82, 2.24) is 15.0 Å². The van der Waals surface area contributed by atoms with Crippen molar-refractivity contribution < 1.29 is 27.3 Å². The highest BCUT2D eigenvalue weighted by molar-refractivity contribution is 5.95. The lowest BCUT2D eigenvalue weighted by Crippen LogP contribution is -2.50. The molecule has 1 aliphatic heterocycles. The number of carbonyl (C=O) groups is 2. The number of aromatic nitrogens is 1. The van der Waals surface area contributed by atoms with Gasteiger partial charge >= 0.3 is 0 Å². The zero-order chi connectivity index (χ0) is 19.7. The highest BCUT2D eigenvalue weighted by Gasteiger charge is 2.27. The van der Waals surface area contributed by atoms with Gasteiger partial charge in [-0.25, -0.2) is 8.78 Å². The summed E-state index contributed by atoms with van der Waals surface area (Å²) < 4.78 is 36.7. The molecule has 3 aromatic rings. The second kappa shape index (κ2) is 7.26. The van der Waals surface area contributed by atoms with Crippen molar-refractivity contribution in [3.8, 4) is 11.5 Å². The summed E-state index contributed by atoms with van der Waals surface area (Å²) in [5.74, 6) is -1.99. The molecule has 0 radical (unpaired) electrons. The molecule has 144 valence electrons. The number of hydrogen-bond acceptors (Lipinski definition) is 5. The minimum absolute atomic E-state index is 0.0678. The van der Waals surface area contributed by atoms with E-state index < -0.39 is 17.5 Å². The average molecular weight is 387 g/mol. The molecule has 2 amide bonds. The molecule has 0 bridgehead atoms. The molecule has 2 aromatic heterocycles. The van der Waals surface area contributed by atoms with E-state index in [1.165, 1.54) is 23.3 Å². The maximum Gasteiger partial charge on any atom is 0.276 e. The van der Waals surface area contributed by atoms with Crippen LogP contribution in [0.3, 0.4) is 0 Å². The van der Waals surface area contributed by atoms with Crippen LogP contribution in [0.1, 0.15) is 20.8 Å². The first-order chi connectivity index (χ1) is 13.5. The Bertz CT molecular complexity index is 1010. The third kappa shape index (κ3) is 3.38. The summed E-state index contributed by atoms with van der Waals surface area (Å²) in [6.07, 6.45) is 1.49. The summed E-state index contributed by atoms with van der Waals surface area (Å²) in [7, 11) is 0. The molecule has 9 heteroatoms. The van der Waals surface area contributed by atoms with Crippen molar-refractivity contribution in [3.63, 3.8) is 0 Å². The van der Waals surface area contributed by atoms with Crippen LogP contribution in [0, 0.1) is 11.6 Å². The van der Waals surface area contributed by atoms with E-state index in [1.54, 1.807) is 17.0 Å². The van der Waals surface area contributed by atoms with E-state index in [1.807, 2.05) is 0 Å². The first kappa shape index (κ1) is 17.9. The van der Waals surface area contributed by atoms with Crippen LogP contribution >= 0.6 is 0 Å². The molecule has 1 fully saturated rings. The highest BCUT2D eigenvalue weighted by Crippen LogP contribution is 2.21. The molecule has 0 N–H and O–H groups in total. The van der Waals surface area contributed by atoms with Crippen LogP contribution in [0.25, 0.3) is 11.5 Å². The number of carbonyl (C=O) groups excluding carboxylic acids is 2. The smallest absolute Gasteiger partial charge is 0.276 e. The van der Waals surface area contributed by atoms with Crippen molar-refractivity contribution >= 4 is 11.8 Å². The Morgan fingerprint density at radius 2 is 1.61 bits per heavy atom. The van der Waals surface area contributed by atoms with Gasteiger partial charge in [-0.3, -0.25) is 9.59 Å². The van der Waals surface area contributed by atoms with E-state index in [9.17, 15) is 18.4 Å². The topological polar surface area (TPSA) is 79.8 Å². The van der Waals surface area contributed by atoms with Gasteiger partial charge in [-0.2, -0.15) is 0 Å². The third-order valence-electron chi connectivity index (χ3n) is 4.51. The fourth-order valence-corrected chi connectivity index (χ4v) is 3.00. The van der Waals surface area contributed by atoms with Gasteiger partial charge in [0.05, 0.1) is 6.26 Å². The zero-order valence-corrected chi connectivity index (χ0v) is 14.6. The number of nitrogens with zero attached hydrogens (tertiary/aromatic N) is 3. The molecule has 3 heterocycles. The summed E-state index contributed by atoms with van der Waals surface area (Å²) in [6.45, 7) is 1.12. The van der Waals surface area contributed by atoms with E-state index >= 15 is 0 Å². The SMILES string of the molecule is O=C(c1ccc(F)c(F)c1)N1CCN(C(=O)c2cc(-c3ccco3)on2)CC1. The normalized spacial score (nSPS) is 14.4. The average Bonchev–Trinajstić information content (AvgIpc) is 3.41. The fourth-order valence-electron chi connectivity index (χ4n) is 3.00. The summed E-state index contributed by atoms with van der Waals surface area (Å²) in [5.41, 5.74) is 0.213. The van der Waals surface area contributed by atoms with Gasteiger partial charge in [0.25, 0.3) is 11.8 Å². The van der Waals surface area contributed by atoms with Crippen molar-refractivity contribution in [1.29, 1.82) is 0 Å². The molecule has 0 saturated carbocycles. The lowest BCUT2D eigenvalue weighted by molar-refractivity contribution is 0.0529. The second-order valence-electron chi connectivity index (χ2n) is 6.27. The van der Waals surface area contributed by atoms with Crippen molar-refractivity contribution in [3.05, 3.63) is 65.6 Å². The minimum Gasteiger partial charge on any atom is -0.461 e. The summed E-state index contributed by atoms with van der Waals surface area (Å²) in [4.78, 5) is 28.1. The fraction of sp³-hybridized carbons (Fsp3) is 0.211. The third-order valence-corrected chi connectivity index (χ3v) is 4.51. The molecule has 28 heavy (non-hydrogen) atoms. The second-order valence-corrected chi connectivity index (χ2v) is 6.27. The Hall–Kier alpha value is -3.49. The van der Waals surface area contributed by atoms with Crippen LogP contribution in [0.15, 0.2) is 51.6 Å². The van der Waals surface area contributed by atoms with Crippen LogP contribution in [0.4, 0.5) is 8.78 Å².